The second-order valence-corrected chi connectivity index (χ2v) is 3.62. The number of hydrogen-bond acceptors (Lipinski definition) is 2. The van der Waals surface area contributed by atoms with Crippen molar-refractivity contribution in [1.29, 1.82) is 0 Å². The van der Waals surface area contributed by atoms with Crippen molar-refractivity contribution >= 4 is 6.29 Å². The summed E-state index contributed by atoms with van der Waals surface area (Å²) in [7, 11) is 0. The van der Waals surface area contributed by atoms with Gasteiger partial charge in [-0.25, -0.2) is 0 Å². The molecule has 74 valence electrons. The van der Waals surface area contributed by atoms with Crippen LogP contribution in [0.15, 0.2) is 18.2 Å². The topological polar surface area (TPSA) is 26.3 Å². The fourth-order valence-electron chi connectivity index (χ4n) is 1.93. The van der Waals surface area contributed by atoms with Gasteiger partial charge in [0.1, 0.15) is 12.4 Å². The molecule has 0 atom stereocenters. The normalized spacial score (nSPS) is 14.6. The summed E-state index contributed by atoms with van der Waals surface area (Å²) in [5.41, 5.74) is 2.83. The Morgan fingerprint density at radius 1 is 1.21 bits per heavy atom. The molecule has 0 saturated heterocycles. The summed E-state index contributed by atoms with van der Waals surface area (Å²) in [6.45, 7) is 0.152. The van der Waals surface area contributed by atoms with Gasteiger partial charge in [0.05, 0.1) is 0 Å². The molecule has 0 aromatic heterocycles. The van der Waals surface area contributed by atoms with Gasteiger partial charge in [-0.2, -0.15) is 0 Å². The molecule has 0 fully saturated rings. The Morgan fingerprint density at radius 3 is 2.79 bits per heavy atom. The van der Waals surface area contributed by atoms with Crippen LogP contribution in [0.3, 0.4) is 0 Å². The highest BCUT2D eigenvalue weighted by molar-refractivity contribution is 5.51. The lowest BCUT2D eigenvalue weighted by Crippen LogP contribution is -2.04. The maximum absolute atomic E-state index is 10.1. The van der Waals surface area contributed by atoms with Gasteiger partial charge in [-0.1, -0.05) is 6.07 Å². The third kappa shape index (κ3) is 1.95. The molecule has 0 amide bonds. The zero-order valence-corrected chi connectivity index (χ0v) is 8.16. The highest BCUT2D eigenvalue weighted by Crippen LogP contribution is 2.25. The third-order valence-electron chi connectivity index (χ3n) is 2.64. The molecule has 2 heteroatoms. The fourth-order valence-corrected chi connectivity index (χ4v) is 1.93. The number of rotatable bonds is 3. The minimum Gasteiger partial charge on any atom is -0.486 e. The van der Waals surface area contributed by atoms with Crippen molar-refractivity contribution in [3.05, 3.63) is 29.3 Å². The molecule has 0 N–H and O–H groups in total. The summed E-state index contributed by atoms with van der Waals surface area (Å²) >= 11 is 0. The molecular formula is C12H14O2. The van der Waals surface area contributed by atoms with Crippen LogP contribution in [0.4, 0.5) is 0 Å². The molecule has 1 aliphatic rings. The number of carbonyl (C=O) groups is 1. The lowest BCUT2D eigenvalue weighted by molar-refractivity contribution is -0.109. The Morgan fingerprint density at radius 2 is 2.00 bits per heavy atom. The Balaban J connectivity index is 2.16. The number of benzene rings is 1. The van der Waals surface area contributed by atoms with Crippen molar-refractivity contribution in [1.82, 2.24) is 0 Å². The fraction of sp³-hybridized carbons (Fsp3) is 0.417. The molecule has 1 aliphatic carbocycles. The van der Waals surface area contributed by atoms with Crippen LogP contribution in [-0.2, 0) is 17.6 Å². The standard InChI is InChI=1S/C12H14O2/c13-7-8-14-12-6-5-10-3-1-2-4-11(10)9-12/h5-7,9H,1-4,8H2. The van der Waals surface area contributed by atoms with E-state index in [1.807, 2.05) is 6.07 Å². The van der Waals surface area contributed by atoms with E-state index < -0.39 is 0 Å². The number of aldehydes is 1. The molecular weight excluding hydrogens is 176 g/mol. The van der Waals surface area contributed by atoms with Crippen molar-refractivity contribution in [3.63, 3.8) is 0 Å². The largest absolute Gasteiger partial charge is 0.486 e. The van der Waals surface area contributed by atoms with E-state index in [9.17, 15) is 4.79 Å². The van der Waals surface area contributed by atoms with Crippen molar-refractivity contribution in [2.24, 2.45) is 0 Å². The van der Waals surface area contributed by atoms with E-state index in [2.05, 4.69) is 12.1 Å². The average Bonchev–Trinajstić information content (AvgIpc) is 2.26. The molecule has 0 unspecified atom stereocenters. The Kier molecular flexibility index (Phi) is 2.82. The highest BCUT2D eigenvalue weighted by atomic mass is 16.5. The lowest BCUT2D eigenvalue weighted by atomic mass is 9.92. The Hall–Kier alpha value is -1.31. The van der Waals surface area contributed by atoms with E-state index in [-0.39, 0.29) is 6.61 Å². The molecule has 1 aromatic rings. The monoisotopic (exact) mass is 190 g/mol. The van der Waals surface area contributed by atoms with Gasteiger partial charge < -0.3 is 4.74 Å². The van der Waals surface area contributed by atoms with Gasteiger partial charge in [-0.15, -0.1) is 0 Å². The first kappa shape index (κ1) is 9.25. The third-order valence-corrected chi connectivity index (χ3v) is 2.64. The number of fused-ring (bicyclic) bond motifs is 1. The van der Waals surface area contributed by atoms with Crippen LogP contribution in [0.1, 0.15) is 24.0 Å². The van der Waals surface area contributed by atoms with Crippen molar-refractivity contribution < 1.29 is 9.53 Å². The zero-order valence-electron chi connectivity index (χ0n) is 8.16. The predicted octanol–water partition coefficient (Wildman–Crippen LogP) is 2.14. The molecule has 0 aliphatic heterocycles. The second kappa shape index (κ2) is 4.27. The van der Waals surface area contributed by atoms with Crippen molar-refractivity contribution in [2.45, 2.75) is 25.7 Å². The SMILES string of the molecule is O=CCOc1ccc2c(c1)CCCC2. The zero-order chi connectivity index (χ0) is 9.80. The van der Waals surface area contributed by atoms with Crippen LogP contribution in [0.25, 0.3) is 0 Å². The van der Waals surface area contributed by atoms with Gasteiger partial charge in [0, 0.05) is 0 Å². The van der Waals surface area contributed by atoms with Gasteiger partial charge in [0.25, 0.3) is 0 Å². The van der Waals surface area contributed by atoms with Crippen LogP contribution in [0, 0.1) is 0 Å². The number of carbonyl (C=O) groups excluding carboxylic acids is 1. The average molecular weight is 190 g/mol. The second-order valence-electron chi connectivity index (χ2n) is 3.62. The number of hydrogen-bond donors (Lipinski definition) is 0. The molecule has 14 heavy (non-hydrogen) atoms. The van der Waals surface area contributed by atoms with E-state index >= 15 is 0 Å². The van der Waals surface area contributed by atoms with Crippen molar-refractivity contribution in [2.75, 3.05) is 6.61 Å². The lowest BCUT2D eigenvalue weighted by Gasteiger charge is -2.16. The maximum Gasteiger partial charge on any atom is 0.157 e. The highest BCUT2D eigenvalue weighted by Gasteiger charge is 2.09. The number of ether oxygens (including phenoxy) is 1. The molecule has 2 nitrogen and oxygen atoms in total. The molecule has 0 radical (unpaired) electrons. The number of aryl methyl sites for hydroxylation is 2. The Labute approximate surface area is 83.9 Å². The van der Waals surface area contributed by atoms with Crippen LogP contribution in [-0.4, -0.2) is 12.9 Å². The van der Waals surface area contributed by atoms with Crippen LogP contribution >= 0.6 is 0 Å². The minimum absolute atomic E-state index is 0.152. The summed E-state index contributed by atoms with van der Waals surface area (Å²) in [5, 5.41) is 0. The first-order valence-corrected chi connectivity index (χ1v) is 5.08. The predicted molar refractivity (Wildman–Crippen MR) is 54.6 cm³/mol. The molecule has 2 rings (SSSR count). The summed E-state index contributed by atoms with van der Waals surface area (Å²) in [4.78, 5) is 10.1. The Bertz CT molecular complexity index is 331. The first-order valence-electron chi connectivity index (χ1n) is 5.08. The van der Waals surface area contributed by atoms with Gasteiger partial charge in [-0.05, 0) is 48.9 Å². The summed E-state index contributed by atoms with van der Waals surface area (Å²) in [5.74, 6) is 0.817. The van der Waals surface area contributed by atoms with Gasteiger partial charge >= 0.3 is 0 Å². The van der Waals surface area contributed by atoms with Crippen LogP contribution in [0.5, 0.6) is 5.75 Å². The van der Waals surface area contributed by atoms with Gasteiger partial charge in [-0.3, -0.25) is 4.79 Å². The van der Waals surface area contributed by atoms with E-state index in [4.69, 9.17) is 4.74 Å². The molecule has 0 bridgehead atoms. The molecule has 1 aromatic carbocycles. The van der Waals surface area contributed by atoms with E-state index in [1.165, 1.54) is 30.4 Å². The summed E-state index contributed by atoms with van der Waals surface area (Å²) in [6.07, 6.45) is 5.67. The summed E-state index contributed by atoms with van der Waals surface area (Å²) in [6, 6.07) is 6.14. The smallest absolute Gasteiger partial charge is 0.157 e. The van der Waals surface area contributed by atoms with Gasteiger partial charge in [0.15, 0.2) is 6.29 Å². The molecule has 0 spiro atoms. The van der Waals surface area contributed by atoms with Crippen LogP contribution in [0.2, 0.25) is 0 Å². The van der Waals surface area contributed by atoms with E-state index in [1.54, 1.807) is 0 Å². The summed E-state index contributed by atoms with van der Waals surface area (Å²) < 4.78 is 5.25. The van der Waals surface area contributed by atoms with Crippen LogP contribution < -0.4 is 4.74 Å². The van der Waals surface area contributed by atoms with E-state index in [0.717, 1.165) is 18.5 Å². The van der Waals surface area contributed by atoms with Gasteiger partial charge in [0.2, 0.25) is 0 Å². The minimum atomic E-state index is 0.152. The first-order chi connectivity index (χ1) is 6.90. The molecule has 0 saturated carbocycles. The quantitative estimate of drug-likeness (QED) is 0.682. The molecule has 0 heterocycles. The van der Waals surface area contributed by atoms with E-state index in [0.29, 0.717) is 0 Å². The maximum atomic E-state index is 10.1. The van der Waals surface area contributed by atoms with Crippen molar-refractivity contribution in [3.8, 4) is 5.75 Å².